The quantitative estimate of drug-likeness (QED) is 0.0757. The zero-order valence-electron chi connectivity index (χ0n) is 27.7. The minimum absolute atomic E-state index is 0.359. The van der Waals surface area contributed by atoms with Crippen LogP contribution in [0.5, 0.6) is 0 Å². The third kappa shape index (κ3) is 15.0. The summed E-state index contributed by atoms with van der Waals surface area (Å²) in [5.41, 5.74) is -3.28. The van der Waals surface area contributed by atoms with Crippen molar-refractivity contribution in [2.45, 2.75) is 0 Å². The first-order valence-corrected chi connectivity index (χ1v) is 19.7. The van der Waals surface area contributed by atoms with E-state index in [1.54, 1.807) is 0 Å². The maximum absolute atomic E-state index is 12.6. The summed E-state index contributed by atoms with van der Waals surface area (Å²) in [6, 6.07) is 4.93. The summed E-state index contributed by atoms with van der Waals surface area (Å²) in [5, 5.41) is 4.41. The predicted octanol–water partition coefficient (Wildman–Crippen LogP) is 2.99. The first-order chi connectivity index (χ1) is 24.9. The van der Waals surface area contributed by atoms with Gasteiger partial charge >= 0.3 is 55.2 Å². The Bertz CT molecular complexity index is 1820. The minimum atomic E-state index is -4.89. The number of rotatable bonds is 17. The van der Waals surface area contributed by atoms with Crippen LogP contribution in [-0.4, -0.2) is 83.7 Å². The summed E-state index contributed by atoms with van der Waals surface area (Å²) >= 11 is 0. The van der Waals surface area contributed by atoms with E-state index in [0.29, 0.717) is 0 Å². The molecule has 2 amide bonds. The molecule has 294 valence electrons. The van der Waals surface area contributed by atoms with Gasteiger partial charge in [-0.15, -0.1) is 0 Å². The molecule has 4 unspecified atom stereocenters. The number of anilines is 2. The van der Waals surface area contributed by atoms with E-state index in [-0.39, 0.29) is 11.4 Å². The molecule has 6 N–H and O–H groups in total. The molecule has 28 heteroatoms. The Morgan fingerprint density at radius 3 is 0.889 bits per heavy atom. The van der Waals surface area contributed by atoms with Crippen molar-refractivity contribution in [1.82, 2.24) is 0 Å². The lowest BCUT2D eigenvalue weighted by Gasteiger charge is -2.13. The van der Waals surface area contributed by atoms with E-state index in [0.717, 1.165) is 89.1 Å². The molecular weight excluding hydrogens is 816 g/mol. The Balaban J connectivity index is 2.30. The summed E-state index contributed by atoms with van der Waals surface area (Å²) in [7, 11) is -16.6. The first-order valence-electron chi connectivity index (χ1n) is 13.7. The Hall–Kier alpha value is -4.66. The standard InChI is InChI=1S/C26H28N2O22P4/c1-43-51(35,36)47-23(31)15-9-16(24(32)48-52(37,38)44-2)12-19(11-15)27-21(29)7-5-6-8-22(30)28-20-13-17(25(33)49-53(39,40)45-3)10-18(14-20)26(34)50-54(41,42)46-4/h5-14H,1-4H3,(H,27,29)(H,28,30)(H,35,36)(H,37,38)(H,39,40)(H,41,42)/b7-5+,8-6+. The lowest BCUT2D eigenvalue weighted by Crippen LogP contribution is -2.13. The van der Waals surface area contributed by atoms with E-state index in [1.807, 2.05) is 0 Å². The topological polar surface area (TPSA) is 350 Å². The fourth-order valence-corrected chi connectivity index (χ4v) is 4.86. The van der Waals surface area contributed by atoms with Crippen molar-refractivity contribution >= 4 is 78.4 Å². The van der Waals surface area contributed by atoms with Crippen LogP contribution < -0.4 is 10.6 Å². The smallest absolute Gasteiger partial charge is 0.367 e. The van der Waals surface area contributed by atoms with Gasteiger partial charge in [-0.1, -0.05) is 12.2 Å². The molecule has 0 aliphatic rings. The number of carbonyl (C=O) groups is 6. The van der Waals surface area contributed by atoms with E-state index in [1.165, 1.54) is 0 Å². The number of carbonyl (C=O) groups excluding carboxylic acids is 6. The Morgan fingerprint density at radius 1 is 0.463 bits per heavy atom. The van der Waals surface area contributed by atoms with Crippen LogP contribution in [0.25, 0.3) is 0 Å². The van der Waals surface area contributed by atoms with Gasteiger partial charge in [0.05, 0.1) is 22.3 Å². The predicted molar refractivity (Wildman–Crippen MR) is 177 cm³/mol. The summed E-state index contributed by atoms with van der Waals surface area (Å²) < 4.78 is 80.6. The fourth-order valence-electron chi connectivity index (χ4n) is 3.30. The lowest BCUT2D eigenvalue weighted by molar-refractivity contribution is -0.112. The zero-order valence-corrected chi connectivity index (χ0v) is 31.3. The Labute approximate surface area is 303 Å². The molecule has 0 aromatic heterocycles. The number of phosphoric acid groups is 4. The second-order valence-electron chi connectivity index (χ2n) is 9.41. The van der Waals surface area contributed by atoms with Gasteiger partial charge in [0.1, 0.15) is 0 Å². The molecule has 0 spiro atoms. The second-order valence-corrected chi connectivity index (χ2v) is 15.4. The van der Waals surface area contributed by atoms with Crippen molar-refractivity contribution in [2.24, 2.45) is 0 Å². The van der Waals surface area contributed by atoms with Crippen molar-refractivity contribution in [3.05, 3.63) is 83.0 Å². The number of amides is 2. The molecule has 0 heterocycles. The van der Waals surface area contributed by atoms with Crippen LogP contribution in [0.2, 0.25) is 0 Å². The average Bonchev–Trinajstić information content (AvgIpc) is 3.09. The van der Waals surface area contributed by atoms with Crippen LogP contribution in [0.1, 0.15) is 41.4 Å². The van der Waals surface area contributed by atoms with E-state index >= 15 is 0 Å². The number of hydrogen-bond acceptors (Lipinski definition) is 18. The third-order valence-corrected chi connectivity index (χ3v) is 9.10. The normalized spacial score (nSPS) is 15.8. The number of benzene rings is 2. The molecule has 0 radical (unpaired) electrons. The van der Waals surface area contributed by atoms with Crippen molar-refractivity contribution < 1.29 is 103 Å². The molecule has 2 aromatic carbocycles. The zero-order chi connectivity index (χ0) is 41.1. The Morgan fingerprint density at radius 2 is 0.685 bits per heavy atom. The number of hydrogen-bond donors (Lipinski definition) is 6. The monoisotopic (exact) mass is 844 g/mol. The van der Waals surface area contributed by atoms with Gasteiger partial charge in [-0.2, -0.15) is 0 Å². The van der Waals surface area contributed by atoms with Crippen molar-refractivity contribution in [1.29, 1.82) is 0 Å². The summed E-state index contributed by atoms with van der Waals surface area (Å²) in [6.45, 7) is 0. The first kappa shape index (κ1) is 45.5. The summed E-state index contributed by atoms with van der Waals surface area (Å²) in [6.07, 6.45) is 3.60. The van der Waals surface area contributed by atoms with Crippen LogP contribution in [0.3, 0.4) is 0 Å². The molecule has 24 nitrogen and oxygen atoms in total. The number of allylic oxidation sites excluding steroid dienone is 2. The van der Waals surface area contributed by atoms with E-state index < -0.39 is 89.2 Å². The Kier molecular flexibility index (Phi) is 16.1. The highest BCUT2D eigenvalue weighted by Crippen LogP contribution is 2.45. The van der Waals surface area contributed by atoms with E-state index in [2.05, 4.69) is 46.8 Å². The van der Waals surface area contributed by atoms with Gasteiger partial charge in [-0.3, -0.25) is 47.3 Å². The molecule has 0 saturated carbocycles. The van der Waals surface area contributed by atoms with Gasteiger partial charge in [0.15, 0.2) is 0 Å². The van der Waals surface area contributed by atoms with Crippen LogP contribution in [0.4, 0.5) is 11.4 Å². The molecule has 54 heavy (non-hydrogen) atoms. The largest absolute Gasteiger partial charge is 0.529 e. The third-order valence-electron chi connectivity index (χ3n) is 5.67. The van der Waals surface area contributed by atoms with Gasteiger partial charge in [0, 0.05) is 52.0 Å². The highest BCUT2D eigenvalue weighted by Gasteiger charge is 2.30. The molecule has 4 atom stereocenters. The van der Waals surface area contributed by atoms with Crippen molar-refractivity contribution in [3.63, 3.8) is 0 Å². The van der Waals surface area contributed by atoms with Crippen LogP contribution in [-0.2, 0) is 64.0 Å². The van der Waals surface area contributed by atoms with Gasteiger partial charge in [-0.05, 0) is 36.4 Å². The lowest BCUT2D eigenvalue weighted by atomic mass is 10.1. The van der Waals surface area contributed by atoms with Crippen LogP contribution in [0, 0.1) is 0 Å². The van der Waals surface area contributed by atoms with E-state index in [9.17, 15) is 66.6 Å². The molecule has 0 saturated heterocycles. The molecule has 2 rings (SSSR count). The molecule has 0 bridgehead atoms. The van der Waals surface area contributed by atoms with Gasteiger partial charge in [0.2, 0.25) is 11.8 Å². The summed E-state index contributed by atoms with van der Waals surface area (Å²) in [4.78, 5) is 113. The van der Waals surface area contributed by atoms with Crippen molar-refractivity contribution in [3.8, 4) is 0 Å². The average molecular weight is 844 g/mol. The van der Waals surface area contributed by atoms with Crippen LogP contribution >= 0.6 is 31.3 Å². The van der Waals surface area contributed by atoms with Gasteiger partial charge in [-0.25, -0.2) is 37.4 Å². The molecule has 0 aliphatic heterocycles. The molecule has 0 aliphatic carbocycles. The van der Waals surface area contributed by atoms with Crippen molar-refractivity contribution in [2.75, 3.05) is 39.1 Å². The SMILES string of the molecule is COP(=O)(O)OC(=O)c1cc(NC(=O)/C=C/C=C/C(=O)Nc2cc(C(=O)OP(=O)(O)OC)cc(C(=O)OP(=O)(O)OC)c2)cc(C(=O)OP(=O)(O)OC)c1. The highest BCUT2D eigenvalue weighted by atomic mass is 31.2. The molecule has 2 aromatic rings. The van der Waals surface area contributed by atoms with E-state index in [4.69, 9.17) is 0 Å². The highest BCUT2D eigenvalue weighted by molar-refractivity contribution is 7.48. The fraction of sp³-hybridized carbons (Fsp3) is 0.154. The van der Waals surface area contributed by atoms with Crippen LogP contribution in [0.15, 0.2) is 60.7 Å². The number of nitrogens with one attached hydrogen (secondary N) is 2. The molecular formula is C26H28N2O22P4. The molecule has 0 fully saturated rings. The number of phosphoric ester groups is 4. The van der Waals surface area contributed by atoms with Gasteiger partial charge in [0.25, 0.3) is 0 Å². The maximum Gasteiger partial charge on any atom is 0.529 e. The summed E-state index contributed by atoms with van der Waals surface area (Å²) in [5.74, 6) is -8.10. The van der Waals surface area contributed by atoms with Gasteiger partial charge < -0.3 is 28.7 Å². The maximum atomic E-state index is 12.6. The minimum Gasteiger partial charge on any atom is -0.367 e. The second kappa shape index (κ2) is 19.1.